The van der Waals surface area contributed by atoms with Crippen molar-refractivity contribution in [2.45, 2.75) is 38.0 Å². The van der Waals surface area contributed by atoms with Gasteiger partial charge in [0.05, 0.1) is 26.8 Å². The molecule has 19 nitrogen and oxygen atoms in total. The predicted octanol–water partition coefficient (Wildman–Crippen LogP) is -4.83. The number of fused-ring (bicyclic) bond motifs is 2. The number of hydrogen-bond donors (Lipinski definition) is 3. The van der Waals surface area contributed by atoms with E-state index in [0.717, 1.165) is 22.9 Å². The van der Waals surface area contributed by atoms with E-state index in [1.807, 2.05) is 32.0 Å². The normalized spacial score (nSPS) is 10.8. The van der Waals surface area contributed by atoms with Crippen molar-refractivity contribution in [2.24, 2.45) is 7.05 Å². The van der Waals surface area contributed by atoms with Crippen LogP contribution in [0.1, 0.15) is 68.2 Å². The summed E-state index contributed by atoms with van der Waals surface area (Å²) >= 11 is 0. The van der Waals surface area contributed by atoms with E-state index in [2.05, 4.69) is 37.7 Å². The van der Waals surface area contributed by atoms with Gasteiger partial charge in [-0.25, -0.2) is 4.79 Å². The average Bonchev–Trinajstić information content (AvgIpc) is 3.26. The Balaban J connectivity index is 0.00000107. The number of para-hydroxylation sites is 1. The van der Waals surface area contributed by atoms with Gasteiger partial charge in [0, 0.05) is 41.4 Å². The first-order valence-corrected chi connectivity index (χ1v) is 22.8. The molecule has 0 saturated heterocycles. The van der Waals surface area contributed by atoms with Crippen LogP contribution in [0, 0.1) is 12.1 Å². The van der Waals surface area contributed by atoms with Crippen molar-refractivity contribution in [3.8, 4) is 11.1 Å². The number of hydrogen-bond acceptors (Lipinski definition) is 17. The fourth-order valence-corrected chi connectivity index (χ4v) is 8.20. The molecule has 2 heterocycles. The third-order valence-corrected chi connectivity index (χ3v) is 11.2. The fraction of sp³-hybridized carbons (Fsp3) is 0.136. The molecule has 0 radical (unpaired) electrons. The van der Waals surface area contributed by atoms with E-state index < -0.39 is 53.3 Å². The number of anilines is 4. The summed E-state index contributed by atoms with van der Waals surface area (Å²) in [6.07, 6.45) is 1.11. The number of aromatic amines is 1. The monoisotopic (exact) mass is 1020 g/mol. The third-order valence-electron chi connectivity index (χ3n) is 10.3. The maximum absolute atomic E-state index is 14.4. The van der Waals surface area contributed by atoms with E-state index in [-0.39, 0.29) is 152 Å². The van der Waals surface area contributed by atoms with E-state index in [9.17, 15) is 32.1 Å². The van der Waals surface area contributed by atoms with Gasteiger partial charge in [-0.1, -0.05) is 67.6 Å². The van der Waals surface area contributed by atoms with Crippen LogP contribution < -0.4 is 111 Å². The van der Waals surface area contributed by atoms with Gasteiger partial charge in [-0.15, -0.1) is 36.9 Å². The molecule has 3 N–H and O–H groups in total. The van der Waals surface area contributed by atoms with Crippen LogP contribution in [-0.4, -0.2) is 69.3 Å². The maximum atomic E-state index is 14.4. The van der Waals surface area contributed by atoms with E-state index in [1.165, 1.54) is 23.7 Å². The molecule has 69 heavy (non-hydrogen) atoms. The molecule has 8 rings (SSSR count). The third kappa shape index (κ3) is 13.5. The van der Waals surface area contributed by atoms with E-state index in [4.69, 9.17) is 25.3 Å². The van der Waals surface area contributed by atoms with Crippen LogP contribution in [-0.2, 0) is 57.6 Å². The second-order valence-corrected chi connectivity index (χ2v) is 16.3. The molecule has 0 saturated carbocycles. The van der Waals surface area contributed by atoms with Gasteiger partial charge in [-0.3, -0.25) is 23.0 Å². The molecule has 0 atom stereocenters. The molecule has 0 amide bonds. The molecule has 0 spiro atoms. The van der Waals surface area contributed by atoms with Gasteiger partial charge < -0.3 is 24.5 Å². The largest absolute Gasteiger partial charge is 1.00 e. The van der Waals surface area contributed by atoms with Gasteiger partial charge in [0.1, 0.15) is 11.6 Å². The SMILES string of the molecule is CCc1cccc(CC)c1Nc1nc(Cc2cc(Nc3ccc4c5c3C(=O)c3ccccc3-c5c(C(=O)c3c[c-]ccc3)c(=O)n4C)[c-]cc2S(=O)(=O)[O-])[nH]c(=O)n1.O=S(=O)=O.O=S(=O)=O.[Na+].[Na+].[Na+]. The zero-order valence-electron chi connectivity index (χ0n) is 37.7. The molecular formula is C44H33N6Na3O13S3. The second kappa shape index (κ2) is 25.4. The van der Waals surface area contributed by atoms with Crippen LogP contribution >= 0.6 is 0 Å². The number of benzene rings is 5. The first-order chi connectivity index (χ1) is 31.3. The number of carbonyl (C=O) groups excluding carboxylic acids is 2. The van der Waals surface area contributed by atoms with Crippen molar-refractivity contribution in [3.05, 3.63) is 169 Å². The Morgan fingerprint density at radius 2 is 1.41 bits per heavy atom. The Labute approximate surface area is 463 Å². The van der Waals surface area contributed by atoms with Gasteiger partial charge in [0.2, 0.25) is 5.95 Å². The van der Waals surface area contributed by atoms with Gasteiger partial charge in [0.25, 0.3) is 5.56 Å². The summed E-state index contributed by atoms with van der Waals surface area (Å²) in [5.41, 5.74) is 3.61. The van der Waals surface area contributed by atoms with E-state index in [1.54, 1.807) is 54.6 Å². The van der Waals surface area contributed by atoms with Crippen LogP contribution in [0.4, 0.5) is 23.0 Å². The summed E-state index contributed by atoms with van der Waals surface area (Å²) in [5.74, 6) is -0.890. The van der Waals surface area contributed by atoms with Crippen molar-refractivity contribution in [3.63, 3.8) is 0 Å². The average molecular weight is 1020 g/mol. The molecule has 7 aromatic rings. The smallest absolute Gasteiger partial charge is 0.754 e. The van der Waals surface area contributed by atoms with Crippen LogP contribution in [0.2, 0.25) is 0 Å². The van der Waals surface area contributed by atoms with Crippen LogP contribution in [0.3, 0.4) is 0 Å². The molecule has 1 aliphatic rings. The molecule has 5 aromatic carbocycles. The number of pyridine rings is 1. The molecule has 338 valence electrons. The Morgan fingerprint density at radius 3 is 1.99 bits per heavy atom. The van der Waals surface area contributed by atoms with Gasteiger partial charge >= 0.3 is 116 Å². The minimum Gasteiger partial charge on any atom is -0.754 e. The first-order valence-electron chi connectivity index (χ1n) is 19.3. The number of H-pyrrole nitrogens is 1. The first kappa shape index (κ1) is 58.5. The van der Waals surface area contributed by atoms with Gasteiger partial charge in [-0.05, 0) is 46.6 Å². The van der Waals surface area contributed by atoms with Gasteiger partial charge in [-0.2, -0.15) is 52.4 Å². The summed E-state index contributed by atoms with van der Waals surface area (Å²) in [6.45, 7) is 4.00. The number of ketones is 2. The van der Waals surface area contributed by atoms with E-state index in [0.29, 0.717) is 34.9 Å². The summed E-state index contributed by atoms with van der Waals surface area (Å²) in [7, 11) is -9.73. The number of nitrogens with zero attached hydrogens (tertiary/aromatic N) is 3. The fourth-order valence-electron chi connectivity index (χ4n) is 7.54. The van der Waals surface area contributed by atoms with Crippen LogP contribution in [0.15, 0.2) is 105 Å². The van der Waals surface area contributed by atoms with Crippen molar-refractivity contribution < 1.29 is 136 Å². The summed E-state index contributed by atoms with van der Waals surface area (Å²) in [6, 6.07) is 30.3. The molecule has 1 aliphatic carbocycles. The summed E-state index contributed by atoms with van der Waals surface area (Å²) < 4.78 is 89.5. The number of carbonyl (C=O) groups is 2. The topological polar surface area (TPSA) is 298 Å². The van der Waals surface area contributed by atoms with Crippen molar-refractivity contribution in [1.82, 2.24) is 19.5 Å². The minimum absolute atomic E-state index is 0. The van der Waals surface area contributed by atoms with Gasteiger partial charge in [0.15, 0.2) is 5.78 Å². The molecule has 0 unspecified atom stereocenters. The Hall–Kier alpha value is -4.79. The maximum Gasteiger partial charge on any atom is 1.00 e. The Morgan fingerprint density at radius 1 is 0.783 bits per heavy atom. The van der Waals surface area contributed by atoms with Crippen LogP contribution in [0.5, 0.6) is 0 Å². The number of nitrogens with one attached hydrogen (secondary N) is 3. The van der Waals surface area contributed by atoms with Crippen molar-refractivity contribution in [2.75, 3.05) is 10.6 Å². The zero-order chi connectivity index (χ0) is 48.0. The number of aromatic nitrogens is 4. The molecular weight excluding hydrogens is 986 g/mol. The molecule has 25 heteroatoms. The zero-order valence-corrected chi connectivity index (χ0v) is 46.1. The standard InChI is InChI=1S/C44H34N6O7S.3Na.2O3S/c1-4-24-14-11-15-25(5-2)39(24)48-43-46-34(47-44(54)49-43)23-27-22-28(18-21-33(27)58(55,56)57)45-31-19-20-32-37-35(29-16-9-10-17-30(29)41(52)36(31)37)38(42(53)50(32)3)40(51)26-12-7-6-8-13-26;;;;2*1-4(2)3/h6-7,9-17,19-22,45H,4-5,23H2,1-3H3,(H,55,56,57)(H2,46,47,48,49,54);;;;;/q-2;3*+1;;/p-1. The second-order valence-electron chi connectivity index (χ2n) is 14.1. The van der Waals surface area contributed by atoms with Crippen LogP contribution in [0.25, 0.3) is 22.0 Å². The molecule has 0 bridgehead atoms. The summed E-state index contributed by atoms with van der Waals surface area (Å²) in [4.78, 5) is 65.7. The number of aryl methyl sites for hydroxylation is 3. The minimum atomic E-state index is -5.04. The van der Waals surface area contributed by atoms with Crippen molar-refractivity contribution >= 4 is 76.8 Å². The van der Waals surface area contributed by atoms with Crippen molar-refractivity contribution in [1.29, 1.82) is 0 Å². The predicted molar refractivity (Wildman–Crippen MR) is 237 cm³/mol. The molecule has 0 fully saturated rings. The Kier molecular flexibility index (Phi) is 21.5. The van der Waals surface area contributed by atoms with E-state index >= 15 is 0 Å². The summed E-state index contributed by atoms with van der Waals surface area (Å²) in [5, 5.41) is 6.70. The quantitative estimate of drug-likeness (QED) is 0.0474. The Bertz CT molecular complexity index is 3540. The molecule has 2 aromatic heterocycles. The number of rotatable bonds is 11. The molecule has 0 aliphatic heterocycles.